The summed E-state index contributed by atoms with van der Waals surface area (Å²) in [5.74, 6) is -1.27. The fraction of sp³-hybridized carbons (Fsp3) is 0.429. The van der Waals surface area contributed by atoms with Gasteiger partial charge < -0.3 is 32.6 Å². The highest BCUT2D eigenvalue weighted by Gasteiger charge is 2.27. The van der Waals surface area contributed by atoms with Crippen LogP contribution < -0.4 is 22.5 Å². The van der Waals surface area contributed by atoms with Crippen molar-refractivity contribution in [3.05, 3.63) is 35.9 Å². The maximum atomic E-state index is 12.0. The van der Waals surface area contributed by atoms with Crippen molar-refractivity contribution in [1.29, 1.82) is 0 Å². The predicted molar refractivity (Wildman–Crippen MR) is 90.2 cm³/mol. The van der Waals surface area contributed by atoms with E-state index in [2.05, 4.69) is 10.3 Å². The zero-order valence-electron chi connectivity index (χ0n) is 12.9. The van der Waals surface area contributed by atoms with Gasteiger partial charge in [0, 0.05) is 6.54 Å². The number of hydrogen-bond donors (Lipinski definition) is 6. The first-order valence-electron chi connectivity index (χ1n) is 7.41. The second-order valence-electron chi connectivity index (χ2n) is 5.27. The lowest BCUT2D eigenvalue weighted by atomic mass is 9.75. The lowest BCUT2D eigenvalue weighted by Gasteiger charge is -2.20. The molecular formula is C14H24BN5O3. The van der Waals surface area contributed by atoms with E-state index in [4.69, 9.17) is 17.2 Å². The number of carbonyl (C=O) groups excluding carboxylic acids is 1. The van der Waals surface area contributed by atoms with Gasteiger partial charge in [-0.25, -0.2) is 0 Å². The van der Waals surface area contributed by atoms with Gasteiger partial charge in [-0.2, -0.15) is 0 Å². The smallest absolute Gasteiger partial charge is 0.426 e. The normalized spacial score (nSPS) is 13.0. The van der Waals surface area contributed by atoms with E-state index < -0.39 is 25.0 Å². The summed E-state index contributed by atoms with van der Waals surface area (Å²) in [6, 6.07) is 8.47. The van der Waals surface area contributed by atoms with Crippen molar-refractivity contribution in [2.45, 2.75) is 31.2 Å². The van der Waals surface area contributed by atoms with Gasteiger partial charge in [-0.3, -0.25) is 9.79 Å². The second-order valence-corrected chi connectivity index (χ2v) is 5.27. The van der Waals surface area contributed by atoms with Gasteiger partial charge in [-0.1, -0.05) is 30.3 Å². The molecule has 0 aliphatic rings. The molecule has 0 aliphatic carbocycles. The number of aliphatic imine (C=N–C) groups is 1. The van der Waals surface area contributed by atoms with Gasteiger partial charge in [0.2, 0.25) is 5.91 Å². The molecule has 9 heteroatoms. The van der Waals surface area contributed by atoms with Crippen molar-refractivity contribution >= 4 is 19.0 Å². The molecule has 0 spiro atoms. The van der Waals surface area contributed by atoms with Crippen LogP contribution in [0.2, 0.25) is 0 Å². The van der Waals surface area contributed by atoms with Gasteiger partial charge in [0.05, 0.1) is 12.0 Å². The average molecular weight is 321 g/mol. The molecule has 23 heavy (non-hydrogen) atoms. The molecule has 0 bridgehead atoms. The number of amides is 1. The highest BCUT2D eigenvalue weighted by atomic mass is 16.4. The Morgan fingerprint density at radius 1 is 1.26 bits per heavy atom. The van der Waals surface area contributed by atoms with E-state index in [9.17, 15) is 14.8 Å². The van der Waals surface area contributed by atoms with Crippen molar-refractivity contribution in [2.75, 3.05) is 6.54 Å². The summed E-state index contributed by atoms with van der Waals surface area (Å²) in [7, 11) is -1.67. The van der Waals surface area contributed by atoms with Crippen LogP contribution in [0.1, 0.15) is 18.4 Å². The molecule has 0 saturated carbocycles. The minimum atomic E-state index is -1.67. The summed E-state index contributed by atoms with van der Waals surface area (Å²) in [5.41, 5.74) is 17.1. The van der Waals surface area contributed by atoms with Crippen LogP contribution in [0.5, 0.6) is 0 Å². The van der Waals surface area contributed by atoms with Gasteiger partial charge in [-0.15, -0.1) is 0 Å². The Labute approximate surface area is 135 Å². The van der Waals surface area contributed by atoms with Crippen LogP contribution in [-0.4, -0.2) is 47.6 Å². The molecule has 1 aromatic carbocycles. The number of hydrogen-bond acceptors (Lipinski definition) is 5. The summed E-state index contributed by atoms with van der Waals surface area (Å²) in [5, 5.41) is 21.4. The molecule has 0 aromatic heterocycles. The molecule has 0 fully saturated rings. The monoisotopic (exact) mass is 321 g/mol. The number of benzene rings is 1. The van der Waals surface area contributed by atoms with Gasteiger partial charge in [-0.05, 0) is 24.8 Å². The summed E-state index contributed by atoms with van der Waals surface area (Å²) in [4.78, 5) is 15.8. The lowest BCUT2D eigenvalue weighted by Crippen LogP contribution is -2.52. The molecule has 126 valence electrons. The minimum Gasteiger partial charge on any atom is -0.426 e. The van der Waals surface area contributed by atoms with E-state index in [0.717, 1.165) is 5.56 Å². The predicted octanol–water partition coefficient (Wildman–Crippen LogP) is -1.89. The Balaban J connectivity index is 2.48. The van der Waals surface area contributed by atoms with Crippen LogP contribution in [-0.2, 0) is 11.2 Å². The fourth-order valence-corrected chi connectivity index (χ4v) is 2.04. The van der Waals surface area contributed by atoms with Crippen molar-refractivity contribution in [2.24, 2.45) is 22.2 Å². The summed E-state index contributed by atoms with van der Waals surface area (Å²) < 4.78 is 0. The Kier molecular flexibility index (Phi) is 8.10. The van der Waals surface area contributed by atoms with Crippen LogP contribution >= 0.6 is 0 Å². The van der Waals surface area contributed by atoms with Crippen LogP contribution in [0.4, 0.5) is 0 Å². The highest BCUT2D eigenvalue weighted by Crippen LogP contribution is 2.05. The second kappa shape index (κ2) is 9.83. The number of nitrogens with two attached hydrogens (primary N) is 3. The molecule has 0 aliphatic heterocycles. The lowest BCUT2D eigenvalue weighted by molar-refractivity contribution is -0.122. The van der Waals surface area contributed by atoms with Crippen LogP contribution in [0.3, 0.4) is 0 Å². The van der Waals surface area contributed by atoms with Crippen molar-refractivity contribution in [3.8, 4) is 0 Å². The largest absolute Gasteiger partial charge is 0.475 e. The Hall–Kier alpha value is -2.10. The van der Waals surface area contributed by atoms with Gasteiger partial charge in [0.15, 0.2) is 5.96 Å². The highest BCUT2D eigenvalue weighted by molar-refractivity contribution is 6.43. The van der Waals surface area contributed by atoms with Crippen LogP contribution in [0.15, 0.2) is 35.3 Å². The van der Waals surface area contributed by atoms with E-state index in [-0.39, 0.29) is 5.96 Å². The van der Waals surface area contributed by atoms with E-state index >= 15 is 0 Å². The first kappa shape index (κ1) is 19.0. The number of guanidine groups is 1. The van der Waals surface area contributed by atoms with Crippen LogP contribution in [0.25, 0.3) is 0 Å². The van der Waals surface area contributed by atoms with E-state index in [1.54, 1.807) is 0 Å². The Morgan fingerprint density at radius 3 is 2.48 bits per heavy atom. The fourth-order valence-electron chi connectivity index (χ4n) is 2.04. The number of rotatable bonds is 9. The first-order valence-corrected chi connectivity index (χ1v) is 7.41. The molecule has 1 rings (SSSR count). The van der Waals surface area contributed by atoms with Crippen LogP contribution in [0, 0.1) is 0 Å². The summed E-state index contributed by atoms with van der Waals surface area (Å²) in [6.45, 7) is 0.388. The SMILES string of the molecule is NC(N)=NCCC[C@H](N)C(=O)N[C@@H](Cc1ccccc1)B(O)O. The maximum absolute atomic E-state index is 12.0. The van der Waals surface area contributed by atoms with Crippen molar-refractivity contribution in [3.63, 3.8) is 0 Å². The molecule has 9 N–H and O–H groups in total. The number of carbonyl (C=O) groups is 1. The van der Waals surface area contributed by atoms with E-state index in [1.807, 2.05) is 30.3 Å². The van der Waals surface area contributed by atoms with Crippen molar-refractivity contribution in [1.82, 2.24) is 5.32 Å². The zero-order valence-corrected chi connectivity index (χ0v) is 12.9. The molecule has 0 saturated heterocycles. The quantitative estimate of drug-likeness (QED) is 0.135. The third-order valence-electron chi connectivity index (χ3n) is 3.29. The third-order valence-corrected chi connectivity index (χ3v) is 3.29. The number of nitrogens with one attached hydrogen (secondary N) is 1. The van der Waals surface area contributed by atoms with Crippen molar-refractivity contribution < 1.29 is 14.8 Å². The first-order chi connectivity index (χ1) is 10.9. The maximum Gasteiger partial charge on any atom is 0.475 e. The van der Waals surface area contributed by atoms with Gasteiger partial charge in [0.25, 0.3) is 0 Å². The molecule has 0 heterocycles. The Bertz CT molecular complexity index is 508. The summed E-state index contributed by atoms with van der Waals surface area (Å²) in [6.07, 6.45) is 1.24. The van der Waals surface area contributed by atoms with E-state index in [1.165, 1.54) is 0 Å². The molecule has 1 aromatic rings. The zero-order chi connectivity index (χ0) is 17.2. The molecular weight excluding hydrogens is 297 g/mol. The summed E-state index contributed by atoms with van der Waals surface area (Å²) >= 11 is 0. The molecule has 1 amide bonds. The van der Waals surface area contributed by atoms with Gasteiger partial charge >= 0.3 is 7.12 Å². The average Bonchev–Trinajstić information content (AvgIpc) is 2.51. The topological polar surface area (TPSA) is 160 Å². The van der Waals surface area contributed by atoms with E-state index in [0.29, 0.717) is 25.8 Å². The number of nitrogens with zero attached hydrogens (tertiary/aromatic N) is 1. The van der Waals surface area contributed by atoms with Gasteiger partial charge in [0.1, 0.15) is 0 Å². The molecule has 0 radical (unpaired) electrons. The third kappa shape index (κ3) is 7.64. The molecule has 2 atom stereocenters. The molecule has 0 unspecified atom stereocenters. The molecule has 8 nitrogen and oxygen atoms in total. The minimum absolute atomic E-state index is 0.00523. The Morgan fingerprint density at radius 2 is 1.91 bits per heavy atom. The standard InChI is InChI=1S/C14H24BN5O3/c16-11(7-4-8-19-14(17)18)13(21)20-12(15(22)23)9-10-5-2-1-3-6-10/h1-3,5-6,11-12,22-23H,4,7-9,16H2,(H,20,21)(H4,17,18,19)/t11-,12-/m0/s1.